The van der Waals surface area contributed by atoms with E-state index in [1.165, 1.54) is 4.57 Å². The second kappa shape index (κ2) is 4.45. The Morgan fingerprint density at radius 2 is 2.31 bits per heavy atom. The lowest BCUT2D eigenvalue weighted by Crippen LogP contribution is -2.04. The van der Waals surface area contributed by atoms with Crippen LogP contribution in [0.4, 0.5) is 8.78 Å². The number of hydrogen-bond acceptors (Lipinski definition) is 2. The Bertz CT molecular complexity index is 318. The molecule has 0 bridgehead atoms. The lowest BCUT2D eigenvalue weighted by Gasteiger charge is -2.03. The number of H-pyrrole nitrogens is 1. The number of nitrogens with one attached hydrogen (secondary N) is 1. The molecule has 0 saturated carbocycles. The summed E-state index contributed by atoms with van der Waals surface area (Å²) in [5.74, 6) is -0.265. The minimum atomic E-state index is -2.56. The van der Waals surface area contributed by atoms with Crippen molar-refractivity contribution in [1.82, 2.24) is 14.8 Å². The molecule has 6 heteroatoms. The van der Waals surface area contributed by atoms with E-state index in [1.54, 1.807) is 0 Å². The largest absolute Gasteiger partial charge is 0.299 e. The summed E-state index contributed by atoms with van der Waals surface area (Å²) < 4.78 is 26.3. The van der Waals surface area contributed by atoms with Crippen molar-refractivity contribution >= 4 is 12.2 Å². The number of rotatable bonds is 4. The van der Waals surface area contributed by atoms with Crippen LogP contribution in [0.1, 0.15) is 32.0 Å². The SMILES string of the molecule is CCCCn1c(C(F)F)n[nH]c1=S. The van der Waals surface area contributed by atoms with Crippen LogP contribution in [0.5, 0.6) is 0 Å². The third-order valence-electron chi connectivity index (χ3n) is 1.72. The maximum Gasteiger partial charge on any atom is 0.297 e. The standard InChI is InChI=1S/C7H11F2N3S/c1-2-3-4-12-6(5(8)9)10-11-7(12)13/h5H,2-4H2,1H3,(H,11,13). The van der Waals surface area contributed by atoms with E-state index >= 15 is 0 Å². The van der Waals surface area contributed by atoms with Crippen LogP contribution in [0, 0.1) is 4.77 Å². The number of hydrogen-bond donors (Lipinski definition) is 1. The van der Waals surface area contributed by atoms with E-state index in [0.717, 1.165) is 12.8 Å². The van der Waals surface area contributed by atoms with Crippen LogP contribution >= 0.6 is 12.2 Å². The number of aromatic amines is 1. The van der Waals surface area contributed by atoms with Gasteiger partial charge in [-0.2, -0.15) is 5.10 Å². The third-order valence-corrected chi connectivity index (χ3v) is 2.03. The number of alkyl halides is 2. The molecule has 1 heterocycles. The maximum absolute atomic E-state index is 12.3. The molecule has 74 valence electrons. The Labute approximate surface area is 79.8 Å². The van der Waals surface area contributed by atoms with Crippen molar-refractivity contribution in [2.24, 2.45) is 0 Å². The minimum absolute atomic E-state index is 0.265. The Morgan fingerprint density at radius 1 is 1.62 bits per heavy atom. The van der Waals surface area contributed by atoms with Crippen LogP contribution in [0.2, 0.25) is 0 Å². The average Bonchev–Trinajstić information content (AvgIpc) is 2.43. The first kappa shape index (κ1) is 10.3. The highest BCUT2D eigenvalue weighted by atomic mass is 32.1. The highest BCUT2D eigenvalue weighted by Gasteiger charge is 2.15. The fourth-order valence-corrected chi connectivity index (χ4v) is 1.26. The summed E-state index contributed by atoms with van der Waals surface area (Å²) in [6.07, 6.45) is -0.798. The number of aromatic nitrogens is 3. The molecule has 3 nitrogen and oxygen atoms in total. The number of halogens is 2. The first-order valence-corrected chi connectivity index (χ1v) is 4.51. The van der Waals surface area contributed by atoms with E-state index in [9.17, 15) is 8.78 Å². The summed E-state index contributed by atoms with van der Waals surface area (Å²) in [6, 6.07) is 0. The predicted octanol–water partition coefficient (Wildman–Crippen LogP) is 2.68. The van der Waals surface area contributed by atoms with Crippen molar-refractivity contribution < 1.29 is 8.78 Å². The quantitative estimate of drug-likeness (QED) is 0.770. The molecule has 0 radical (unpaired) electrons. The predicted molar refractivity (Wildman–Crippen MR) is 47.3 cm³/mol. The molecule has 1 N–H and O–H groups in total. The first-order valence-electron chi connectivity index (χ1n) is 4.10. The van der Waals surface area contributed by atoms with Gasteiger partial charge in [-0.15, -0.1) is 0 Å². The second-order valence-electron chi connectivity index (χ2n) is 2.69. The Hall–Kier alpha value is -0.780. The van der Waals surface area contributed by atoms with Gasteiger partial charge >= 0.3 is 0 Å². The van der Waals surface area contributed by atoms with Crippen molar-refractivity contribution in [1.29, 1.82) is 0 Å². The molecule has 0 amide bonds. The van der Waals surface area contributed by atoms with E-state index in [1.807, 2.05) is 6.92 Å². The van der Waals surface area contributed by atoms with E-state index in [-0.39, 0.29) is 10.6 Å². The molecule has 0 spiro atoms. The topological polar surface area (TPSA) is 33.6 Å². The summed E-state index contributed by atoms with van der Waals surface area (Å²) >= 11 is 4.82. The van der Waals surface area contributed by atoms with Gasteiger partial charge in [0.05, 0.1) is 0 Å². The van der Waals surface area contributed by atoms with Gasteiger partial charge in [0.15, 0.2) is 10.6 Å². The first-order chi connectivity index (χ1) is 6.16. The summed E-state index contributed by atoms with van der Waals surface area (Å²) in [7, 11) is 0. The van der Waals surface area contributed by atoms with Crippen molar-refractivity contribution in [3.05, 3.63) is 10.6 Å². The van der Waals surface area contributed by atoms with Crippen LogP contribution in [0.15, 0.2) is 0 Å². The van der Waals surface area contributed by atoms with Gasteiger partial charge in [0.1, 0.15) is 0 Å². The zero-order valence-electron chi connectivity index (χ0n) is 7.26. The van der Waals surface area contributed by atoms with Gasteiger partial charge in [0, 0.05) is 6.54 Å². The molecule has 1 aromatic rings. The summed E-state index contributed by atoms with van der Waals surface area (Å²) in [6.45, 7) is 2.50. The molecule has 13 heavy (non-hydrogen) atoms. The van der Waals surface area contributed by atoms with Gasteiger partial charge in [0.25, 0.3) is 6.43 Å². The average molecular weight is 207 g/mol. The van der Waals surface area contributed by atoms with E-state index in [0.29, 0.717) is 6.54 Å². The van der Waals surface area contributed by atoms with Gasteiger partial charge in [-0.05, 0) is 18.6 Å². The van der Waals surface area contributed by atoms with Crippen molar-refractivity contribution in [2.45, 2.75) is 32.7 Å². The lowest BCUT2D eigenvalue weighted by atomic mass is 10.3. The van der Waals surface area contributed by atoms with Gasteiger partial charge in [0.2, 0.25) is 0 Å². The van der Waals surface area contributed by atoms with Crippen molar-refractivity contribution in [2.75, 3.05) is 0 Å². The molecule has 1 aromatic heterocycles. The van der Waals surface area contributed by atoms with Gasteiger partial charge in [-0.3, -0.25) is 9.67 Å². The molecule has 1 rings (SSSR count). The van der Waals surface area contributed by atoms with Crippen LogP contribution in [0.25, 0.3) is 0 Å². The van der Waals surface area contributed by atoms with Crippen LogP contribution in [0.3, 0.4) is 0 Å². The smallest absolute Gasteiger partial charge is 0.297 e. The van der Waals surface area contributed by atoms with Crippen molar-refractivity contribution in [3.8, 4) is 0 Å². The maximum atomic E-state index is 12.3. The highest BCUT2D eigenvalue weighted by Crippen LogP contribution is 2.16. The summed E-state index contributed by atoms with van der Waals surface area (Å²) in [5.41, 5.74) is 0. The highest BCUT2D eigenvalue weighted by molar-refractivity contribution is 7.71. The van der Waals surface area contributed by atoms with Crippen LogP contribution in [-0.2, 0) is 6.54 Å². The molecule has 0 unspecified atom stereocenters. The third kappa shape index (κ3) is 2.33. The Balaban J connectivity index is 2.88. The molecule has 0 aliphatic carbocycles. The lowest BCUT2D eigenvalue weighted by molar-refractivity contribution is 0.134. The molecule has 0 saturated heterocycles. The Kier molecular flexibility index (Phi) is 3.53. The molecule has 0 fully saturated rings. The molecular formula is C7H11F2N3S. The van der Waals surface area contributed by atoms with Gasteiger partial charge in [-0.1, -0.05) is 13.3 Å². The molecule has 0 aliphatic rings. The normalized spacial score (nSPS) is 11.1. The summed E-state index contributed by atoms with van der Waals surface area (Å²) in [4.78, 5) is 0. The van der Waals surface area contributed by atoms with Gasteiger partial charge in [-0.25, -0.2) is 8.78 Å². The number of unbranched alkanes of at least 4 members (excludes halogenated alkanes) is 1. The van der Waals surface area contributed by atoms with E-state index in [4.69, 9.17) is 12.2 Å². The number of nitrogens with zero attached hydrogens (tertiary/aromatic N) is 2. The fraction of sp³-hybridized carbons (Fsp3) is 0.714. The van der Waals surface area contributed by atoms with Gasteiger partial charge < -0.3 is 0 Å². The minimum Gasteiger partial charge on any atom is -0.299 e. The second-order valence-corrected chi connectivity index (χ2v) is 3.08. The molecular weight excluding hydrogens is 196 g/mol. The molecule has 0 aromatic carbocycles. The fourth-order valence-electron chi connectivity index (χ4n) is 1.03. The zero-order chi connectivity index (χ0) is 9.84. The van der Waals surface area contributed by atoms with E-state index < -0.39 is 6.43 Å². The summed E-state index contributed by atoms with van der Waals surface area (Å²) in [5, 5.41) is 5.83. The zero-order valence-corrected chi connectivity index (χ0v) is 8.07. The van der Waals surface area contributed by atoms with Crippen LogP contribution in [-0.4, -0.2) is 14.8 Å². The monoisotopic (exact) mass is 207 g/mol. The molecule has 0 atom stereocenters. The molecule has 0 aliphatic heterocycles. The Morgan fingerprint density at radius 3 is 2.85 bits per heavy atom. The van der Waals surface area contributed by atoms with Crippen LogP contribution < -0.4 is 0 Å². The van der Waals surface area contributed by atoms with Crippen molar-refractivity contribution in [3.63, 3.8) is 0 Å². The van der Waals surface area contributed by atoms with E-state index in [2.05, 4.69) is 10.2 Å².